The van der Waals surface area contributed by atoms with Crippen molar-refractivity contribution in [3.63, 3.8) is 0 Å². The number of hydrazine groups is 1. The Hall–Kier alpha value is -1.74. The third kappa shape index (κ3) is 6.13. The zero-order valence-corrected chi connectivity index (χ0v) is 18.5. The van der Waals surface area contributed by atoms with Crippen LogP contribution in [0.5, 0.6) is 0 Å². The molecule has 1 aliphatic rings. The van der Waals surface area contributed by atoms with E-state index in [1.54, 1.807) is 11.8 Å². The smallest absolute Gasteiger partial charge is 0.312 e. The van der Waals surface area contributed by atoms with E-state index in [0.717, 1.165) is 19.3 Å². The van der Waals surface area contributed by atoms with Crippen molar-refractivity contribution in [3.8, 4) is 0 Å². The van der Waals surface area contributed by atoms with Gasteiger partial charge in [0.25, 0.3) is 11.8 Å². The van der Waals surface area contributed by atoms with Crippen molar-refractivity contribution in [2.24, 2.45) is 17.1 Å². The largest absolute Gasteiger partial charge is 0.352 e. The molecule has 0 bridgehead atoms. The number of thioether (sulfide) groups is 1. The number of aryl methyl sites for hydroxylation is 1. The number of hydrogen-bond acceptors (Lipinski definition) is 5. The highest BCUT2D eigenvalue weighted by Crippen LogP contribution is 2.40. The standard InChI is InChI=1S/C19H30N4O3S2/c1-19(2,3)12-5-6-14-11(9-12)10-15(28-14)17(25)23-22-16(24)13(7-8-27-4)21-18(20)26/h10,12-13H,5-9H2,1-4H3,(H,22,24)(H,23,25)(H3,20,21,26)/t12-,13-/m0/s1. The predicted molar refractivity (Wildman–Crippen MR) is 114 cm³/mol. The first-order valence-electron chi connectivity index (χ1n) is 9.38. The van der Waals surface area contributed by atoms with Crippen LogP contribution in [0.1, 0.15) is 53.7 Å². The maximum atomic E-state index is 12.5. The summed E-state index contributed by atoms with van der Waals surface area (Å²) >= 11 is 3.04. The summed E-state index contributed by atoms with van der Waals surface area (Å²) < 4.78 is 0. The van der Waals surface area contributed by atoms with Crippen LogP contribution in [0.3, 0.4) is 0 Å². The molecule has 0 aliphatic heterocycles. The van der Waals surface area contributed by atoms with Gasteiger partial charge in [-0.25, -0.2) is 4.79 Å². The molecule has 0 saturated heterocycles. The number of fused-ring (bicyclic) bond motifs is 1. The number of carbonyl (C=O) groups excluding carboxylic acids is 3. The molecule has 9 heteroatoms. The summed E-state index contributed by atoms with van der Waals surface area (Å²) in [6.45, 7) is 6.77. The van der Waals surface area contributed by atoms with Crippen LogP contribution in [-0.2, 0) is 17.6 Å². The van der Waals surface area contributed by atoms with Crippen LogP contribution in [-0.4, -0.2) is 35.9 Å². The van der Waals surface area contributed by atoms with Gasteiger partial charge >= 0.3 is 6.03 Å². The number of amides is 4. The first kappa shape index (κ1) is 22.5. The van der Waals surface area contributed by atoms with Gasteiger partial charge in [-0.05, 0) is 60.7 Å². The third-order valence-corrected chi connectivity index (χ3v) is 6.95. The molecular weight excluding hydrogens is 396 g/mol. The fraction of sp³-hybridized carbons (Fsp3) is 0.632. The van der Waals surface area contributed by atoms with Gasteiger partial charge in [0.15, 0.2) is 0 Å². The highest BCUT2D eigenvalue weighted by molar-refractivity contribution is 7.98. The minimum Gasteiger partial charge on any atom is -0.352 e. The number of primary amides is 1. The monoisotopic (exact) mass is 426 g/mol. The number of carbonyl (C=O) groups is 3. The third-order valence-electron chi connectivity index (χ3n) is 5.07. The molecule has 28 heavy (non-hydrogen) atoms. The molecule has 1 aliphatic carbocycles. The van der Waals surface area contributed by atoms with Crippen LogP contribution in [0.25, 0.3) is 0 Å². The molecule has 7 nitrogen and oxygen atoms in total. The molecule has 2 atom stereocenters. The van der Waals surface area contributed by atoms with Gasteiger partial charge in [-0.2, -0.15) is 11.8 Å². The predicted octanol–water partition coefficient (Wildman–Crippen LogP) is 2.45. The molecule has 0 saturated carbocycles. The lowest BCUT2D eigenvalue weighted by Crippen LogP contribution is -2.53. The Morgan fingerprint density at radius 3 is 2.64 bits per heavy atom. The quantitative estimate of drug-likeness (QED) is 0.523. The summed E-state index contributed by atoms with van der Waals surface area (Å²) in [4.78, 5) is 37.7. The van der Waals surface area contributed by atoms with E-state index in [-0.39, 0.29) is 11.3 Å². The molecule has 0 fully saturated rings. The van der Waals surface area contributed by atoms with Crippen molar-refractivity contribution in [2.45, 2.75) is 52.5 Å². The molecule has 0 radical (unpaired) electrons. The second kappa shape index (κ2) is 9.65. The lowest BCUT2D eigenvalue weighted by atomic mass is 9.72. The second-order valence-electron chi connectivity index (χ2n) is 8.15. The SMILES string of the molecule is CSCC[C@H](NC(N)=O)C(=O)NNC(=O)c1cc2c(s1)CC[C@H](C(C)(C)C)C2. The van der Waals surface area contributed by atoms with E-state index in [1.165, 1.54) is 21.8 Å². The Bertz CT molecular complexity index is 727. The number of rotatable bonds is 6. The van der Waals surface area contributed by atoms with Crippen molar-refractivity contribution in [1.82, 2.24) is 16.2 Å². The highest BCUT2D eigenvalue weighted by atomic mass is 32.2. The maximum Gasteiger partial charge on any atom is 0.312 e. The molecule has 1 aromatic rings. The lowest BCUT2D eigenvalue weighted by molar-refractivity contribution is -0.123. The van der Waals surface area contributed by atoms with Crippen molar-refractivity contribution in [3.05, 3.63) is 21.4 Å². The van der Waals surface area contributed by atoms with Crippen LogP contribution >= 0.6 is 23.1 Å². The summed E-state index contributed by atoms with van der Waals surface area (Å²) in [5, 5.41) is 2.40. The maximum absolute atomic E-state index is 12.5. The van der Waals surface area contributed by atoms with Gasteiger partial charge in [0.1, 0.15) is 6.04 Å². The van der Waals surface area contributed by atoms with Crippen molar-refractivity contribution >= 4 is 40.9 Å². The summed E-state index contributed by atoms with van der Waals surface area (Å²) in [7, 11) is 0. The Labute approximate surface area is 174 Å². The summed E-state index contributed by atoms with van der Waals surface area (Å²) in [6, 6.07) is 0.382. The molecule has 0 unspecified atom stereocenters. The number of urea groups is 1. The van der Waals surface area contributed by atoms with Gasteiger partial charge in [0, 0.05) is 4.88 Å². The minimum atomic E-state index is -0.783. The van der Waals surface area contributed by atoms with Crippen LogP contribution in [0.2, 0.25) is 0 Å². The summed E-state index contributed by atoms with van der Waals surface area (Å²) in [6.07, 6.45) is 5.43. The fourth-order valence-corrected chi connectivity index (χ4v) is 4.89. The number of nitrogens with one attached hydrogen (secondary N) is 3. The molecule has 1 heterocycles. The average Bonchev–Trinajstić information content (AvgIpc) is 3.05. The normalized spacial score (nSPS) is 17.4. The number of nitrogens with two attached hydrogens (primary N) is 1. The zero-order valence-electron chi connectivity index (χ0n) is 16.9. The molecule has 1 aromatic heterocycles. The van der Waals surface area contributed by atoms with Gasteiger partial charge in [0.2, 0.25) is 0 Å². The Morgan fingerprint density at radius 1 is 1.32 bits per heavy atom. The number of hydrogen-bond donors (Lipinski definition) is 4. The first-order chi connectivity index (χ1) is 13.1. The Morgan fingerprint density at radius 2 is 2.04 bits per heavy atom. The van der Waals surface area contributed by atoms with Gasteiger partial charge in [-0.15, -0.1) is 11.3 Å². The summed E-state index contributed by atoms with van der Waals surface area (Å²) in [5.41, 5.74) is 11.5. The van der Waals surface area contributed by atoms with Crippen LogP contribution in [0, 0.1) is 11.3 Å². The zero-order chi connectivity index (χ0) is 20.9. The molecule has 5 N–H and O–H groups in total. The van der Waals surface area contributed by atoms with E-state index >= 15 is 0 Å². The van der Waals surface area contributed by atoms with Crippen LogP contribution in [0.15, 0.2) is 6.07 Å². The van der Waals surface area contributed by atoms with Crippen molar-refractivity contribution in [1.29, 1.82) is 0 Å². The molecule has 2 rings (SSSR count). The van der Waals surface area contributed by atoms with E-state index in [2.05, 4.69) is 36.9 Å². The van der Waals surface area contributed by atoms with E-state index in [4.69, 9.17) is 5.73 Å². The topological polar surface area (TPSA) is 113 Å². The van der Waals surface area contributed by atoms with E-state index in [1.807, 2.05) is 12.3 Å². The molecular formula is C19H30N4O3S2. The van der Waals surface area contributed by atoms with Crippen molar-refractivity contribution in [2.75, 3.05) is 12.0 Å². The Balaban J connectivity index is 1.95. The lowest BCUT2D eigenvalue weighted by Gasteiger charge is -2.33. The van der Waals surface area contributed by atoms with Gasteiger partial charge < -0.3 is 11.1 Å². The molecule has 4 amide bonds. The van der Waals surface area contributed by atoms with E-state index < -0.39 is 18.0 Å². The van der Waals surface area contributed by atoms with Gasteiger partial charge in [0.05, 0.1) is 4.88 Å². The number of thiophene rings is 1. The van der Waals surface area contributed by atoms with Crippen molar-refractivity contribution < 1.29 is 14.4 Å². The molecule has 0 aromatic carbocycles. The highest BCUT2D eigenvalue weighted by Gasteiger charge is 2.30. The van der Waals surface area contributed by atoms with E-state index in [0.29, 0.717) is 23.0 Å². The molecule has 156 valence electrons. The van der Waals surface area contributed by atoms with Crippen LogP contribution in [0.4, 0.5) is 4.79 Å². The summed E-state index contributed by atoms with van der Waals surface area (Å²) in [5.74, 6) is 0.444. The van der Waals surface area contributed by atoms with Gasteiger partial charge in [-0.1, -0.05) is 20.8 Å². The molecule has 0 spiro atoms. The van der Waals surface area contributed by atoms with Crippen LogP contribution < -0.4 is 21.9 Å². The van der Waals surface area contributed by atoms with Gasteiger partial charge in [-0.3, -0.25) is 20.4 Å². The first-order valence-corrected chi connectivity index (χ1v) is 11.6. The van der Waals surface area contributed by atoms with E-state index in [9.17, 15) is 14.4 Å². The Kier molecular flexibility index (Phi) is 7.77. The average molecular weight is 427 g/mol. The second-order valence-corrected chi connectivity index (χ2v) is 10.3. The fourth-order valence-electron chi connectivity index (χ4n) is 3.32. The minimum absolute atomic E-state index is 0.245.